The second-order valence-corrected chi connectivity index (χ2v) is 4.79. The molecule has 0 unspecified atom stereocenters. The average Bonchev–Trinajstić information content (AvgIpc) is 2.93. The standard InChI is InChI=1S/C14H10ClFN4O/c15-10-3-1-2-8(13(10)16)6-12-19-14(21-20-12)11-5-4-9(17)7-18-11/h1-5,7H,6,17H2. The summed E-state index contributed by atoms with van der Waals surface area (Å²) in [6.45, 7) is 0. The zero-order valence-electron chi connectivity index (χ0n) is 10.8. The van der Waals surface area contributed by atoms with Gasteiger partial charge in [0.1, 0.15) is 11.5 Å². The predicted octanol–water partition coefficient (Wildman–Crippen LogP) is 3.10. The van der Waals surface area contributed by atoms with Gasteiger partial charge < -0.3 is 10.3 Å². The molecular weight excluding hydrogens is 295 g/mol. The molecular formula is C14H10ClFN4O. The first-order valence-corrected chi connectivity index (χ1v) is 6.48. The highest BCUT2D eigenvalue weighted by atomic mass is 35.5. The lowest BCUT2D eigenvalue weighted by molar-refractivity contribution is 0.422. The van der Waals surface area contributed by atoms with Gasteiger partial charge in [-0.3, -0.25) is 0 Å². The van der Waals surface area contributed by atoms with Crippen molar-refractivity contribution in [3.63, 3.8) is 0 Å². The number of rotatable bonds is 3. The van der Waals surface area contributed by atoms with E-state index in [1.807, 2.05) is 0 Å². The maximum atomic E-state index is 13.8. The van der Waals surface area contributed by atoms with E-state index in [2.05, 4.69) is 15.1 Å². The van der Waals surface area contributed by atoms with E-state index in [1.54, 1.807) is 24.3 Å². The Morgan fingerprint density at radius 3 is 2.86 bits per heavy atom. The molecule has 2 heterocycles. The number of nitrogens with zero attached hydrogens (tertiary/aromatic N) is 3. The number of halogens is 2. The van der Waals surface area contributed by atoms with Crippen LogP contribution in [0.5, 0.6) is 0 Å². The lowest BCUT2D eigenvalue weighted by Crippen LogP contribution is -1.95. The first-order valence-electron chi connectivity index (χ1n) is 6.11. The van der Waals surface area contributed by atoms with Gasteiger partial charge in [0.25, 0.3) is 5.89 Å². The van der Waals surface area contributed by atoms with Gasteiger partial charge in [-0.15, -0.1) is 0 Å². The van der Waals surface area contributed by atoms with Crippen LogP contribution in [0, 0.1) is 5.82 Å². The number of hydrogen-bond donors (Lipinski definition) is 1. The third kappa shape index (κ3) is 2.85. The molecule has 3 rings (SSSR count). The first-order chi connectivity index (χ1) is 10.1. The van der Waals surface area contributed by atoms with Crippen LogP contribution in [0.25, 0.3) is 11.6 Å². The molecule has 3 aromatic rings. The summed E-state index contributed by atoms with van der Waals surface area (Å²) in [6.07, 6.45) is 1.68. The Hall–Kier alpha value is -2.47. The van der Waals surface area contributed by atoms with E-state index >= 15 is 0 Å². The number of nitrogens with two attached hydrogens (primary N) is 1. The Bertz CT molecular complexity index is 773. The summed E-state index contributed by atoms with van der Waals surface area (Å²) < 4.78 is 18.9. The summed E-state index contributed by atoms with van der Waals surface area (Å²) in [5.41, 5.74) is 7.01. The van der Waals surface area contributed by atoms with Gasteiger partial charge in [-0.2, -0.15) is 4.98 Å². The zero-order chi connectivity index (χ0) is 14.8. The van der Waals surface area contributed by atoms with Crippen LogP contribution in [0.3, 0.4) is 0 Å². The van der Waals surface area contributed by atoms with Gasteiger partial charge in [0.15, 0.2) is 5.82 Å². The summed E-state index contributed by atoms with van der Waals surface area (Å²) in [7, 11) is 0. The van der Waals surface area contributed by atoms with E-state index < -0.39 is 5.82 Å². The topological polar surface area (TPSA) is 77.8 Å². The number of benzene rings is 1. The smallest absolute Gasteiger partial charge is 0.276 e. The summed E-state index contributed by atoms with van der Waals surface area (Å²) in [4.78, 5) is 8.27. The van der Waals surface area contributed by atoms with E-state index in [4.69, 9.17) is 21.9 Å². The molecule has 0 radical (unpaired) electrons. The maximum Gasteiger partial charge on any atom is 0.276 e. The number of hydrogen-bond acceptors (Lipinski definition) is 5. The van der Waals surface area contributed by atoms with Gasteiger partial charge in [-0.25, -0.2) is 9.37 Å². The molecule has 0 aliphatic carbocycles. The van der Waals surface area contributed by atoms with E-state index in [0.29, 0.717) is 22.8 Å². The summed E-state index contributed by atoms with van der Waals surface area (Å²) in [5, 5.41) is 3.88. The Kier molecular flexibility index (Phi) is 3.53. The molecule has 2 aromatic heterocycles. The van der Waals surface area contributed by atoms with Crippen LogP contribution in [0.4, 0.5) is 10.1 Å². The van der Waals surface area contributed by atoms with Crippen LogP contribution in [-0.2, 0) is 6.42 Å². The first kappa shape index (κ1) is 13.5. The Morgan fingerprint density at radius 2 is 2.10 bits per heavy atom. The van der Waals surface area contributed by atoms with Gasteiger partial charge >= 0.3 is 0 Å². The summed E-state index contributed by atoms with van der Waals surface area (Å²) in [6, 6.07) is 8.14. The molecule has 0 atom stereocenters. The van der Waals surface area contributed by atoms with Crippen LogP contribution in [0.15, 0.2) is 41.1 Å². The van der Waals surface area contributed by atoms with Gasteiger partial charge in [0.2, 0.25) is 0 Å². The number of nitrogen functional groups attached to an aromatic ring is 1. The monoisotopic (exact) mass is 304 g/mol. The fraction of sp³-hybridized carbons (Fsp3) is 0.0714. The molecule has 21 heavy (non-hydrogen) atoms. The van der Waals surface area contributed by atoms with Crippen molar-refractivity contribution in [3.05, 3.63) is 58.8 Å². The average molecular weight is 305 g/mol. The van der Waals surface area contributed by atoms with Crippen molar-refractivity contribution in [1.29, 1.82) is 0 Å². The molecule has 5 nitrogen and oxygen atoms in total. The normalized spacial score (nSPS) is 10.8. The fourth-order valence-corrected chi connectivity index (χ4v) is 2.01. The van der Waals surface area contributed by atoms with Crippen molar-refractivity contribution in [2.24, 2.45) is 0 Å². The quantitative estimate of drug-likeness (QED) is 0.804. The molecule has 0 saturated carbocycles. The molecule has 106 valence electrons. The zero-order valence-corrected chi connectivity index (χ0v) is 11.5. The molecule has 0 saturated heterocycles. The maximum absolute atomic E-state index is 13.8. The molecule has 0 aliphatic heterocycles. The van der Waals surface area contributed by atoms with E-state index in [9.17, 15) is 4.39 Å². The van der Waals surface area contributed by atoms with Crippen LogP contribution >= 0.6 is 11.6 Å². The predicted molar refractivity (Wildman–Crippen MR) is 76.2 cm³/mol. The lowest BCUT2D eigenvalue weighted by atomic mass is 10.1. The molecule has 1 aromatic carbocycles. The lowest BCUT2D eigenvalue weighted by Gasteiger charge is -2.00. The van der Waals surface area contributed by atoms with Gasteiger partial charge in [-0.1, -0.05) is 28.9 Å². The van der Waals surface area contributed by atoms with Crippen LogP contribution < -0.4 is 5.73 Å². The third-order valence-electron chi connectivity index (χ3n) is 2.85. The molecule has 0 spiro atoms. The van der Waals surface area contributed by atoms with Crippen LogP contribution in [0.2, 0.25) is 5.02 Å². The van der Waals surface area contributed by atoms with Crippen molar-refractivity contribution in [2.45, 2.75) is 6.42 Å². The molecule has 0 amide bonds. The van der Waals surface area contributed by atoms with E-state index in [0.717, 1.165) is 0 Å². The van der Waals surface area contributed by atoms with Crippen LogP contribution in [-0.4, -0.2) is 15.1 Å². The molecule has 2 N–H and O–H groups in total. The van der Waals surface area contributed by atoms with Gasteiger partial charge in [0, 0.05) is 6.42 Å². The Balaban J connectivity index is 1.85. The molecule has 0 aliphatic rings. The largest absolute Gasteiger partial charge is 0.397 e. The second kappa shape index (κ2) is 5.49. The highest BCUT2D eigenvalue weighted by Crippen LogP contribution is 2.21. The summed E-state index contributed by atoms with van der Waals surface area (Å²) >= 11 is 5.73. The molecule has 0 bridgehead atoms. The van der Waals surface area contributed by atoms with Crippen molar-refractivity contribution in [2.75, 3.05) is 5.73 Å². The van der Waals surface area contributed by atoms with Crippen molar-refractivity contribution < 1.29 is 8.91 Å². The van der Waals surface area contributed by atoms with E-state index in [1.165, 1.54) is 12.3 Å². The van der Waals surface area contributed by atoms with Crippen molar-refractivity contribution >= 4 is 17.3 Å². The van der Waals surface area contributed by atoms with Gasteiger partial charge in [-0.05, 0) is 23.8 Å². The van der Waals surface area contributed by atoms with E-state index in [-0.39, 0.29) is 17.3 Å². The Labute approximate surface area is 124 Å². The molecule has 7 heteroatoms. The van der Waals surface area contributed by atoms with Crippen molar-refractivity contribution in [1.82, 2.24) is 15.1 Å². The summed E-state index contributed by atoms with van der Waals surface area (Å²) in [5.74, 6) is 0.133. The van der Waals surface area contributed by atoms with Crippen LogP contribution in [0.1, 0.15) is 11.4 Å². The minimum Gasteiger partial charge on any atom is -0.397 e. The number of pyridine rings is 1. The number of aromatic nitrogens is 3. The highest BCUT2D eigenvalue weighted by Gasteiger charge is 2.13. The highest BCUT2D eigenvalue weighted by molar-refractivity contribution is 6.30. The minimum atomic E-state index is -0.476. The Morgan fingerprint density at radius 1 is 1.24 bits per heavy atom. The minimum absolute atomic E-state index is 0.0661. The fourth-order valence-electron chi connectivity index (χ4n) is 1.82. The second-order valence-electron chi connectivity index (χ2n) is 4.38. The SMILES string of the molecule is Nc1ccc(-c2nc(Cc3cccc(Cl)c3F)no2)nc1. The third-order valence-corrected chi connectivity index (χ3v) is 3.15. The van der Waals surface area contributed by atoms with Gasteiger partial charge in [0.05, 0.1) is 16.9 Å². The number of anilines is 1. The van der Waals surface area contributed by atoms with Crippen molar-refractivity contribution in [3.8, 4) is 11.6 Å². The molecule has 0 fully saturated rings.